The van der Waals surface area contributed by atoms with Gasteiger partial charge in [-0.25, -0.2) is 8.42 Å². The molecule has 3 rings (SSSR count). The lowest BCUT2D eigenvalue weighted by atomic mass is 10.1. The molecule has 0 aliphatic carbocycles. The lowest BCUT2D eigenvalue weighted by Crippen LogP contribution is -2.51. The van der Waals surface area contributed by atoms with Crippen LogP contribution in [-0.4, -0.2) is 51.4 Å². The zero-order valence-corrected chi connectivity index (χ0v) is 23.3. The third kappa shape index (κ3) is 7.11. The SMILES string of the molecule is CCNC(=O)C(C)N(Cc1ccc(Br)cc1)C(=O)CN(c1ccc(OC)cc1)S(=O)(=O)c1ccccc1. The van der Waals surface area contributed by atoms with Crippen LogP contribution in [0.4, 0.5) is 5.69 Å². The average Bonchev–Trinajstić information content (AvgIpc) is 2.91. The molecule has 0 aliphatic heterocycles. The van der Waals surface area contributed by atoms with Gasteiger partial charge in [0.15, 0.2) is 0 Å². The van der Waals surface area contributed by atoms with E-state index in [2.05, 4.69) is 21.2 Å². The number of halogens is 1. The normalized spacial score (nSPS) is 11.9. The van der Waals surface area contributed by atoms with Crippen LogP contribution in [0.15, 0.2) is 88.2 Å². The van der Waals surface area contributed by atoms with Crippen LogP contribution in [0, 0.1) is 0 Å². The maximum Gasteiger partial charge on any atom is 0.264 e. The highest BCUT2D eigenvalue weighted by molar-refractivity contribution is 9.10. The number of carbonyl (C=O) groups is 2. The van der Waals surface area contributed by atoms with Gasteiger partial charge in [-0.2, -0.15) is 0 Å². The predicted molar refractivity (Wildman–Crippen MR) is 147 cm³/mol. The van der Waals surface area contributed by atoms with E-state index in [-0.39, 0.29) is 17.3 Å². The summed E-state index contributed by atoms with van der Waals surface area (Å²) in [6.07, 6.45) is 0. The van der Waals surface area contributed by atoms with E-state index < -0.39 is 28.5 Å². The molecule has 2 amide bonds. The number of rotatable bonds is 11. The van der Waals surface area contributed by atoms with Crippen LogP contribution in [0.3, 0.4) is 0 Å². The first-order valence-electron chi connectivity index (χ1n) is 11.7. The van der Waals surface area contributed by atoms with Crippen molar-refractivity contribution in [2.45, 2.75) is 31.3 Å². The fourth-order valence-corrected chi connectivity index (χ4v) is 5.39. The largest absolute Gasteiger partial charge is 0.497 e. The van der Waals surface area contributed by atoms with Gasteiger partial charge < -0.3 is 15.0 Å². The quantitative estimate of drug-likeness (QED) is 0.362. The molecular formula is C27H30BrN3O5S. The number of nitrogens with zero attached hydrogens (tertiary/aromatic N) is 2. The number of ether oxygens (including phenoxy) is 1. The lowest BCUT2D eigenvalue weighted by molar-refractivity contribution is -0.139. The second-order valence-electron chi connectivity index (χ2n) is 8.24. The molecule has 0 saturated carbocycles. The Morgan fingerprint density at radius 1 is 0.973 bits per heavy atom. The summed E-state index contributed by atoms with van der Waals surface area (Å²) >= 11 is 3.40. The van der Waals surface area contributed by atoms with E-state index in [9.17, 15) is 18.0 Å². The van der Waals surface area contributed by atoms with Crippen molar-refractivity contribution in [1.82, 2.24) is 10.2 Å². The minimum absolute atomic E-state index is 0.0508. The van der Waals surface area contributed by atoms with Crippen LogP contribution < -0.4 is 14.4 Å². The molecule has 1 unspecified atom stereocenters. The van der Waals surface area contributed by atoms with Crippen molar-refractivity contribution in [3.8, 4) is 5.75 Å². The maximum absolute atomic E-state index is 13.8. The Bertz CT molecular complexity index is 1300. The van der Waals surface area contributed by atoms with Crippen molar-refractivity contribution in [3.63, 3.8) is 0 Å². The van der Waals surface area contributed by atoms with Crippen molar-refractivity contribution in [1.29, 1.82) is 0 Å². The molecule has 8 nitrogen and oxygen atoms in total. The van der Waals surface area contributed by atoms with Gasteiger partial charge in [0, 0.05) is 17.6 Å². The molecule has 3 aromatic carbocycles. The molecule has 1 atom stereocenters. The standard InChI is InChI=1S/C27H30BrN3O5S/c1-4-29-27(33)20(2)30(18-21-10-12-22(28)13-11-21)26(32)19-31(23-14-16-24(36-3)17-15-23)37(34,35)25-8-6-5-7-9-25/h5-17,20H,4,18-19H2,1-3H3,(H,29,33). The predicted octanol–water partition coefficient (Wildman–Crippen LogP) is 4.21. The Labute approximate surface area is 226 Å². The maximum atomic E-state index is 13.8. The molecule has 1 N–H and O–H groups in total. The summed E-state index contributed by atoms with van der Waals surface area (Å²) in [4.78, 5) is 27.9. The van der Waals surface area contributed by atoms with Gasteiger partial charge in [-0.05, 0) is 67.9 Å². The van der Waals surface area contributed by atoms with Gasteiger partial charge in [0.05, 0.1) is 17.7 Å². The summed E-state index contributed by atoms with van der Waals surface area (Å²) in [7, 11) is -2.59. The van der Waals surface area contributed by atoms with E-state index in [1.807, 2.05) is 24.3 Å². The zero-order chi connectivity index (χ0) is 27.0. The number of nitrogens with one attached hydrogen (secondary N) is 1. The second-order valence-corrected chi connectivity index (χ2v) is 11.0. The van der Waals surface area contributed by atoms with Gasteiger partial charge in [0.25, 0.3) is 10.0 Å². The summed E-state index contributed by atoms with van der Waals surface area (Å²) in [5.74, 6) is -0.291. The summed E-state index contributed by atoms with van der Waals surface area (Å²) in [6, 6.07) is 20.9. The minimum atomic E-state index is -4.10. The van der Waals surface area contributed by atoms with Gasteiger partial charge in [-0.1, -0.05) is 46.3 Å². The Balaban J connectivity index is 2.01. The van der Waals surface area contributed by atoms with E-state index in [0.29, 0.717) is 18.0 Å². The van der Waals surface area contributed by atoms with Crippen LogP contribution in [0.1, 0.15) is 19.4 Å². The molecule has 0 saturated heterocycles. The molecule has 0 aliphatic rings. The zero-order valence-electron chi connectivity index (χ0n) is 20.9. The Hall–Kier alpha value is -3.37. The summed E-state index contributed by atoms with van der Waals surface area (Å²) < 4.78 is 34.5. The summed E-state index contributed by atoms with van der Waals surface area (Å²) in [5.41, 5.74) is 1.10. The van der Waals surface area contributed by atoms with Crippen molar-refractivity contribution < 1.29 is 22.7 Å². The van der Waals surface area contributed by atoms with Gasteiger partial charge in [-0.3, -0.25) is 13.9 Å². The van der Waals surface area contributed by atoms with E-state index in [1.165, 1.54) is 24.1 Å². The van der Waals surface area contributed by atoms with Crippen LogP contribution in [0.25, 0.3) is 0 Å². The third-order valence-electron chi connectivity index (χ3n) is 5.75. The highest BCUT2D eigenvalue weighted by Gasteiger charge is 2.32. The molecule has 0 fully saturated rings. The molecule has 37 heavy (non-hydrogen) atoms. The van der Waals surface area contributed by atoms with E-state index >= 15 is 0 Å². The minimum Gasteiger partial charge on any atom is -0.497 e. The van der Waals surface area contributed by atoms with Crippen LogP contribution in [0.2, 0.25) is 0 Å². The van der Waals surface area contributed by atoms with Gasteiger partial charge in [-0.15, -0.1) is 0 Å². The topological polar surface area (TPSA) is 96.0 Å². The van der Waals surface area contributed by atoms with Gasteiger partial charge >= 0.3 is 0 Å². The Morgan fingerprint density at radius 3 is 2.16 bits per heavy atom. The van der Waals surface area contributed by atoms with E-state index in [1.54, 1.807) is 56.3 Å². The van der Waals surface area contributed by atoms with Crippen molar-refractivity contribution in [2.24, 2.45) is 0 Å². The first kappa shape index (κ1) is 28.2. The Morgan fingerprint density at radius 2 is 1.59 bits per heavy atom. The van der Waals surface area contributed by atoms with Crippen LogP contribution in [-0.2, 0) is 26.2 Å². The number of sulfonamides is 1. The monoisotopic (exact) mass is 587 g/mol. The lowest BCUT2D eigenvalue weighted by Gasteiger charge is -2.32. The molecule has 0 bridgehead atoms. The molecule has 10 heteroatoms. The highest BCUT2D eigenvalue weighted by Crippen LogP contribution is 2.26. The number of carbonyl (C=O) groups excluding carboxylic acids is 2. The molecule has 0 spiro atoms. The number of likely N-dealkylation sites (N-methyl/N-ethyl adjacent to an activating group) is 1. The number of hydrogen-bond donors (Lipinski definition) is 1. The fraction of sp³-hybridized carbons (Fsp3) is 0.259. The average molecular weight is 589 g/mol. The number of amides is 2. The van der Waals surface area contributed by atoms with E-state index in [4.69, 9.17) is 4.74 Å². The fourth-order valence-electron chi connectivity index (χ4n) is 3.69. The molecule has 0 radical (unpaired) electrons. The summed E-state index contributed by atoms with van der Waals surface area (Å²) in [5, 5.41) is 2.74. The van der Waals surface area contributed by atoms with Gasteiger partial charge in [0.1, 0.15) is 18.3 Å². The number of hydrogen-bond acceptors (Lipinski definition) is 5. The first-order valence-corrected chi connectivity index (χ1v) is 13.9. The molecule has 3 aromatic rings. The smallest absolute Gasteiger partial charge is 0.264 e. The highest BCUT2D eigenvalue weighted by atomic mass is 79.9. The Kier molecular flexibility index (Phi) is 9.71. The third-order valence-corrected chi connectivity index (χ3v) is 8.07. The van der Waals surface area contributed by atoms with Crippen molar-refractivity contribution in [3.05, 3.63) is 88.9 Å². The molecule has 0 aromatic heterocycles. The molecule has 196 valence electrons. The summed E-state index contributed by atoms with van der Waals surface area (Å²) in [6.45, 7) is 3.47. The molecular weight excluding hydrogens is 558 g/mol. The van der Waals surface area contributed by atoms with E-state index in [0.717, 1.165) is 14.3 Å². The second kappa shape index (κ2) is 12.7. The van der Waals surface area contributed by atoms with Gasteiger partial charge in [0.2, 0.25) is 11.8 Å². The van der Waals surface area contributed by atoms with Crippen molar-refractivity contribution >= 4 is 43.5 Å². The number of methoxy groups -OCH3 is 1. The van der Waals surface area contributed by atoms with Crippen LogP contribution >= 0.6 is 15.9 Å². The first-order chi connectivity index (χ1) is 17.7. The number of anilines is 1. The number of benzene rings is 3. The van der Waals surface area contributed by atoms with Crippen LogP contribution in [0.5, 0.6) is 5.75 Å². The molecule has 0 heterocycles. The van der Waals surface area contributed by atoms with Crippen molar-refractivity contribution in [2.75, 3.05) is 24.5 Å².